The van der Waals surface area contributed by atoms with Crippen molar-refractivity contribution in [1.82, 2.24) is 10.3 Å². The van der Waals surface area contributed by atoms with Crippen molar-refractivity contribution in [2.24, 2.45) is 0 Å². The first-order chi connectivity index (χ1) is 5.34. The Bertz CT molecular complexity index is 216. The third-order valence-electron chi connectivity index (χ3n) is 1.38. The monoisotopic (exact) mass is 152 g/mol. The molecule has 0 aromatic carbocycles. The first kappa shape index (κ1) is 7.85. The predicted molar refractivity (Wildman–Crippen MR) is 43.4 cm³/mol. The number of carbonyl (C=O) groups is 1. The van der Waals surface area contributed by atoms with Gasteiger partial charge in [0.15, 0.2) is 0 Å². The molecule has 0 aliphatic heterocycles. The van der Waals surface area contributed by atoms with E-state index in [0.717, 1.165) is 13.0 Å². The first-order valence-electron chi connectivity index (χ1n) is 3.76. The topological polar surface area (TPSA) is 44.9 Å². The molecule has 0 bridgehead atoms. The van der Waals surface area contributed by atoms with Gasteiger partial charge in [0, 0.05) is 12.7 Å². The lowest BCUT2D eigenvalue weighted by Gasteiger charge is -1.99. The molecule has 3 nitrogen and oxygen atoms in total. The molecular weight excluding hydrogens is 140 g/mol. The molecule has 1 rings (SSSR count). The van der Waals surface area contributed by atoms with Gasteiger partial charge in [-0.05, 0) is 18.6 Å². The van der Waals surface area contributed by atoms with Gasteiger partial charge in [-0.3, -0.25) is 4.79 Å². The quantitative estimate of drug-likeness (QED) is 0.670. The number of rotatable bonds is 3. The van der Waals surface area contributed by atoms with Gasteiger partial charge in [0.05, 0.1) is 0 Å². The Morgan fingerprint density at radius 3 is 3.09 bits per heavy atom. The normalized spacial score (nSPS) is 9.55. The average Bonchev–Trinajstić information content (AvgIpc) is 2.52. The minimum absolute atomic E-state index is 0.0307. The highest BCUT2D eigenvalue weighted by Gasteiger charge is 2.02. The number of nitrogens with one attached hydrogen (secondary N) is 2. The third-order valence-corrected chi connectivity index (χ3v) is 1.38. The van der Waals surface area contributed by atoms with Crippen LogP contribution in [0.4, 0.5) is 0 Å². The fraction of sp³-hybridized carbons (Fsp3) is 0.375. The van der Waals surface area contributed by atoms with Crippen molar-refractivity contribution < 1.29 is 4.79 Å². The van der Waals surface area contributed by atoms with Crippen molar-refractivity contribution in [3.05, 3.63) is 24.0 Å². The Kier molecular flexibility index (Phi) is 2.72. The van der Waals surface area contributed by atoms with Crippen molar-refractivity contribution in [1.29, 1.82) is 0 Å². The second-order valence-corrected chi connectivity index (χ2v) is 2.34. The molecule has 1 heterocycles. The number of hydrogen-bond acceptors (Lipinski definition) is 1. The van der Waals surface area contributed by atoms with Crippen molar-refractivity contribution in [2.45, 2.75) is 13.3 Å². The van der Waals surface area contributed by atoms with Crippen LogP contribution in [-0.4, -0.2) is 17.4 Å². The Labute approximate surface area is 65.8 Å². The zero-order valence-electron chi connectivity index (χ0n) is 6.55. The van der Waals surface area contributed by atoms with E-state index in [0.29, 0.717) is 5.69 Å². The van der Waals surface area contributed by atoms with Crippen LogP contribution in [0, 0.1) is 0 Å². The third kappa shape index (κ3) is 2.11. The van der Waals surface area contributed by atoms with Gasteiger partial charge in [0.25, 0.3) is 5.91 Å². The molecule has 1 aromatic heterocycles. The molecule has 0 unspecified atom stereocenters. The Balaban J connectivity index is 2.43. The fourth-order valence-electron chi connectivity index (χ4n) is 0.805. The highest BCUT2D eigenvalue weighted by atomic mass is 16.1. The summed E-state index contributed by atoms with van der Waals surface area (Å²) in [4.78, 5) is 14.0. The summed E-state index contributed by atoms with van der Waals surface area (Å²) in [6.07, 6.45) is 2.70. The van der Waals surface area contributed by atoms with Gasteiger partial charge in [-0.2, -0.15) is 0 Å². The standard InChI is InChI=1S/C8H12N2O/c1-2-5-10-8(11)7-4-3-6-9-7/h3-4,6,9H,2,5H2,1H3,(H,10,11). The summed E-state index contributed by atoms with van der Waals surface area (Å²) in [5, 5.41) is 2.76. The second kappa shape index (κ2) is 3.81. The fourth-order valence-corrected chi connectivity index (χ4v) is 0.805. The molecule has 0 fully saturated rings. The van der Waals surface area contributed by atoms with Gasteiger partial charge in [-0.15, -0.1) is 0 Å². The molecule has 3 heteroatoms. The smallest absolute Gasteiger partial charge is 0.267 e. The van der Waals surface area contributed by atoms with Crippen molar-refractivity contribution in [3.8, 4) is 0 Å². The van der Waals surface area contributed by atoms with Gasteiger partial charge in [0.2, 0.25) is 0 Å². The van der Waals surface area contributed by atoms with E-state index in [9.17, 15) is 4.79 Å². The Morgan fingerprint density at radius 1 is 1.73 bits per heavy atom. The van der Waals surface area contributed by atoms with Crippen LogP contribution in [0.15, 0.2) is 18.3 Å². The molecule has 60 valence electrons. The molecule has 0 radical (unpaired) electrons. The zero-order chi connectivity index (χ0) is 8.10. The van der Waals surface area contributed by atoms with E-state index >= 15 is 0 Å². The molecule has 0 spiro atoms. The van der Waals surface area contributed by atoms with Gasteiger partial charge in [-0.25, -0.2) is 0 Å². The molecule has 2 N–H and O–H groups in total. The lowest BCUT2D eigenvalue weighted by molar-refractivity contribution is 0.0949. The maximum Gasteiger partial charge on any atom is 0.267 e. The lowest BCUT2D eigenvalue weighted by atomic mass is 10.4. The Morgan fingerprint density at radius 2 is 2.55 bits per heavy atom. The first-order valence-corrected chi connectivity index (χ1v) is 3.76. The maximum atomic E-state index is 11.1. The molecule has 11 heavy (non-hydrogen) atoms. The van der Waals surface area contributed by atoms with Crippen molar-refractivity contribution >= 4 is 5.91 Å². The largest absolute Gasteiger partial charge is 0.357 e. The van der Waals surface area contributed by atoms with Crippen LogP contribution in [0.1, 0.15) is 23.8 Å². The Hall–Kier alpha value is -1.25. The summed E-state index contributed by atoms with van der Waals surface area (Å²) in [7, 11) is 0. The summed E-state index contributed by atoms with van der Waals surface area (Å²) in [6, 6.07) is 3.56. The van der Waals surface area contributed by atoms with Gasteiger partial charge in [0.1, 0.15) is 5.69 Å². The van der Waals surface area contributed by atoms with Crippen molar-refractivity contribution in [3.63, 3.8) is 0 Å². The van der Waals surface area contributed by atoms with Crippen LogP contribution in [0.25, 0.3) is 0 Å². The molecule has 0 atom stereocenters. The molecule has 0 aliphatic carbocycles. The highest BCUT2D eigenvalue weighted by Crippen LogP contribution is 1.92. The zero-order valence-corrected chi connectivity index (χ0v) is 6.55. The SMILES string of the molecule is CCCNC(=O)c1ccc[nH]1. The number of amides is 1. The maximum absolute atomic E-state index is 11.1. The number of aromatic nitrogens is 1. The number of hydrogen-bond donors (Lipinski definition) is 2. The van der Waals surface area contributed by atoms with E-state index in [1.54, 1.807) is 18.3 Å². The summed E-state index contributed by atoms with van der Waals surface area (Å²) in [5.74, 6) is -0.0307. The van der Waals surface area contributed by atoms with Crippen LogP contribution in [0.5, 0.6) is 0 Å². The molecule has 1 amide bonds. The van der Waals surface area contributed by atoms with E-state index in [4.69, 9.17) is 0 Å². The van der Waals surface area contributed by atoms with Crippen LogP contribution in [-0.2, 0) is 0 Å². The van der Waals surface area contributed by atoms with Crippen LogP contribution >= 0.6 is 0 Å². The van der Waals surface area contributed by atoms with Gasteiger partial charge in [-0.1, -0.05) is 6.92 Å². The summed E-state index contributed by atoms with van der Waals surface area (Å²) < 4.78 is 0. The van der Waals surface area contributed by atoms with Gasteiger partial charge < -0.3 is 10.3 Å². The number of H-pyrrole nitrogens is 1. The van der Waals surface area contributed by atoms with E-state index in [1.165, 1.54) is 0 Å². The molecular formula is C8H12N2O. The second-order valence-electron chi connectivity index (χ2n) is 2.34. The highest BCUT2D eigenvalue weighted by molar-refractivity contribution is 5.92. The molecule has 0 saturated heterocycles. The predicted octanol–water partition coefficient (Wildman–Crippen LogP) is 1.15. The van der Waals surface area contributed by atoms with E-state index in [2.05, 4.69) is 10.3 Å². The number of carbonyl (C=O) groups excluding carboxylic acids is 1. The summed E-state index contributed by atoms with van der Waals surface area (Å²) >= 11 is 0. The van der Waals surface area contributed by atoms with Gasteiger partial charge >= 0.3 is 0 Å². The molecule has 0 saturated carbocycles. The van der Waals surface area contributed by atoms with Crippen LogP contribution in [0.3, 0.4) is 0 Å². The van der Waals surface area contributed by atoms with Crippen molar-refractivity contribution in [2.75, 3.05) is 6.54 Å². The van der Waals surface area contributed by atoms with E-state index in [-0.39, 0.29) is 5.91 Å². The summed E-state index contributed by atoms with van der Waals surface area (Å²) in [5.41, 5.74) is 0.624. The van der Waals surface area contributed by atoms with E-state index in [1.807, 2.05) is 6.92 Å². The minimum atomic E-state index is -0.0307. The lowest BCUT2D eigenvalue weighted by Crippen LogP contribution is -2.24. The minimum Gasteiger partial charge on any atom is -0.357 e. The van der Waals surface area contributed by atoms with Crippen LogP contribution in [0.2, 0.25) is 0 Å². The molecule has 1 aromatic rings. The van der Waals surface area contributed by atoms with Crippen LogP contribution < -0.4 is 5.32 Å². The summed E-state index contributed by atoms with van der Waals surface area (Å²) in [6.45, 7) is 2.76. The molecule has 0 aliphatic rings. The number of aromatic amines is 1. The average molecular weight is 152 g/mol. The van der Waals surface area contributed by atoms with E-state index < -0.39 is 0 Å².